The molecule has 0 spiro atoms. The number of imide groups is 1. The standard InChI is InChI=1S/C23H32N2O3/c1-5-28-14-6-11-25-22(26)20(19-8-7-17(3)18(4)15-19)21(23(25)27)24-12-9-16(2)10-13-24/h7-8,15-16H,5-6,9-14H2,1-4H3. The van der Waals surface area contributed by atoms with Crippen molar-refractivity contribution in [1.29, 1.82) is 0 Å². The molecule has 0 saturated carbocycles. The summed E-state index contributed by atoms with van der Waals surface area (Å²) in [5, 5.41) is 0. The number of carbonyl (C=O) groups excluding carboxylic acids is 2. The number of hydrogen-bond acceptors (Lipinski definition) is 4. The van der Waals surface area contributed by atoms with E-state index in [2.05, 4.69) is 18.7 Å². The molecule has 0 aromatic heterocycles. The molecule has 1 fully saturated rings. The lowest BCUT2D eigenvalue weighted by Crippen LogP contribution is -2.39. The van der Waals surface area contributed by atoms with Crippen molar-refractivity contribution < 1.29 is 14.3 Å². The zero-order valence-electron chi connectivity index (χ0n) is 17.6. The van der Waals surface area contributed by atoms with Gasteiger partial charge >= 0.3 is 0 Å². The number of benzene rings is 1. The largest absolute Gasteiger partial charge is 0.382 e. The van der Waals surface area contributed by atoms with E-state index in [-0.39, 0.29) is 11.8 Å². The highest BCUT2D eigenvalue weighted by Crippen LogP contribution is 2.34. The van der Waals surface area contributed by atoms with Gasteiger partial charge in [-0.2, -0.15) is 0 Å². The summed E-state index contributed by atoms with van der Waals surface area (Å²) in [5.74, 6) is 0.346. The molecule has 0 N–H and O–H groups in total. The normalized spacial score (nSPS) is 18.6. The molecule has 2 aliphatic heterocycles. The second-order valence-corrected chi connectivity index (χ2v) is 8.00. The fourth-order valence-corrected chi connectivity index (χ4v) is 3.92. The molecule has 28 heavy (non-hydrogen) atoms. The summed E-state index contributed by atoms with van der Waals surface area (Å²) >= 11 is 0. The average Bonchev–Trinajstić information content (AvgIpc) is 2.92. The van der Waals surface area contributed by atoms with E-state index in [1.807, 2.05) is 32.0 Å². The number of aryl methyl sites for hydroxylation is 2. The van der Waals surface area contributed by atoms with Crippen LogP contribution in [0.25, 0.3) is 5.57 Å². The quantitative estimate of drug-likeness (QED) is 0.533. The Bertz CT molecular complexity index is 776. The Morgan fingerprint density at radius 3 is 2.43 bits per heavy atom. The minimum absolute atomic E-state index is 0.149. The Morgan fingerprint density at radius 1 is 1.07 bits per heavy atom. The minimum atomic E-state index is -0.168. The van der Waals surface area contributed by atoms with Gasteiger partial charge in [-0.1, -0.05) is 25.1 Å². The zero-order chi connectivity index (χ0) is 20.3. The maximum absolute atomic E-state index is 13.3. The average molecular weight is 385 g/mol. The fourth-order valence-electron chi connectivity index (χ4n) is 3.92. The Hall–Kier alpha value is -2.14. The second kappa shape index (κ2) is 8.91. The lowest BCUT2D eigenvalue weighted by molar-refractivity contribution is -0.137. The van der Waals surface area contributed by atoms with Crippen LogP contribution in [0.4, 0.5) is 0 Å². The van der Waals surface area contributed by atoms with Crippen LogP contribution in [0.15, 0.2) is 23.9 Å². The van der Waals surface area contributed by atoms with Crippen molar-refractivity contribution in [1.82, 2.24) is 9.80 Å². The molecule has 0 unspecified atom stereocenters. The van der Waals surface area contributed by atoms with E-state index in [1.165, 1.54) is 10.5 Å². The smallest absolute Gasteiger partial charge is 0.277 e. The van der Waals surface area contributed by atoms with Crippen molar-refractivity contribution in [3.05, 3.63) is 40.6 Å². The number of amides is 2. The van der Waals surface area contributed by atoms with Crippen molar-refractivity contribution in [2.45, 2.75) is 47.0 Å². The molecule has 1 aromatic rings. The lowest BCUT2D eigenvalue weighted by atomic mass is 9.96. The summed E-state index contributed by atoms with van der Waals surface area (Å²) < 4.78 is 5.39. The molecule has 2 heterocycles. The van der Waals surface area contributed by atoms with E-state index in [4.69, 9.17) is 4.74 Å². The number of rotatable bonds is 7. The highest BCUT2D eigenvalue weighted by atomic mass is 16.5. The van der Waals surface area contributed by atoms with E-state index in [0.29, 0.717) is 43.4 Å². The topological polar surface area (TPSA) is 49.9 Å². The molecule has 5 heteroatoms. The van der Waals surface area contributed by atoms with Crippen LogP contribution in [0.5, 0.6) is 0 Å². The van der Waals surface area contributed by atoms with Crippen LogP contribution in [0.3, 0.4) is 0 Å². The molecule has 0 bridgehead atoms. The van der Waals surface area contributed by atoms with Gasteiger partial charge in [0.15, 0.2) is 0 Å². The van der Waals surface area contributed by atoms with Gasteiger partial charge in [0, 0.05) is 32.8 Å². The highest BCUT2D eigenvalue weighted by Gasteiger charge is 2.41. The SMILES string of the molecule is CCOCCCN1C(=O)C(c2ccc(C)c(C)c2)=C(N2CCC(C)CC2)C1=O. The van der Waals surface area contributed by atoms with Crippen molar-refractivity contribution in [2.75, 3.05) is 32.8 Å². The summed E-state index contributed by atoms with van der Waals surface area (Å²) in [6.07, 6.45) is 2.76. The van der Waals surface area contributed by atoms with Crippen molar-refractivity contribution in [3.63, 3.8) is 0 Å². The molecule has 1 aromatic carbocycles. The molecule has 2 amide bonds. The first-order valence-electron chi connectivity index (χ1n) is 10.4. The van der Waals surface area contributed by atoms with E-state index in [9.17, 15) is 9.59 Å². The van der Waals surface area contributed by atoms with Gasteiger partial charge < -0.3 is 9.64 Å². The van der Waals surface area contributed by atoms with Crippen LogP contribution in [-0.4, -0.2) is 54.5 Å². The summed E-state index contributed by atoms with van der Waals surface area (Å²) in [6, 6.07) is 6.04. The maximum Gasteiger partial charge on any atom is 0.277 e. The summed E-state index contributed by atoms with van der Waals surface area (Å²) in [7, 11) is 0. The summed E-state index contributed by atoms with van der Waals surface area (Å²) in [4.78, 5) is 30.1. The first-order chi connectivity index (χ1) is 13.4. The van der Waals surface area contributed by atoms with E-state index >= 15 is 0 Å². The van der Waals surface area contributed by atoms with Crippen LogP contribution in [0.1, 0.15) is 49.8 Å². The maximum atomic E-state index is 13.3. The molecule has 0 atom stereocenters. The van der Waals surface area contributed by atoms with Crippen LogP contribution in [0, 0.1) is 19.8 Å². The van der Waals surface area contributed by atoms with Crippen LogP contribution in [0.2, 0.25) is 0 Å². The number of hydrogen-bond donors (Lipinski definition) is 0. The number of piperidine rings is 1. The molecular formula is C23H32N2O3. The lowest BCUT2D eigenvalue weighted by Gasteiger charge is -2.32. The molecule has 1 saturated heterocycles. The minimum Gasteiger partial charge on any atom is -0.382 e. The Kier molecular flexibility index (Phi) is 6.55. The molecule has 3 rings (SSSR count). The van der Waals surface area contributed by atoms with Gasteiger partial charge in [0.2, 0.25) is 0 Å². The van der Waals surface area contributed by atoms with Gasteiger partial charge in [0.05, 0.1) is 5.57 Å². The van der Waals surface area contributed by atoms with Crippen molar-refractivity contribution >= 4 is 17.4 Å². The van der Waals surface area contributed by atoms with Gasteiger partial charge in [-0.05, 0) is 62.6 Å². The molecule has 0 aliphatic carbocycles. The van der Waals surface area contributed by atoms with Crippen molar-refractivity contribution in [3.8, 4) is 0 Å². The number of likely N-dealkylation sites (tertiary alicyclic amines) is 1. The second-order valence-electron chi connectivity index (χ2n) is 8.00. The monoisotopic (exact) mass is 384 g/mol. The third-order valence-corrected chi connectivity index (χ3v) is 5.91. The Morgan fingerprint density at radius 2 is 1.79 bits per heavy atom. The molecule has 2 aliphatic rings. The number of ether oxygens (including phenoxy) is 1. The molecule has 152 valence electrons. The summed E-state index contributed by atoms with van der Waals surface area (Å²) in [6.45, 7) is 11.6. The predicted octanol–water partition coefficient (Wildman–Crippen LogP) is 3.54. The number of carbonyl (C=O) groups is 2. The fraction of sp³-hybridized carbons (Fsp3) is 0.565. The van der Waals surface area contributed by atoms with Gasteiger partial charge in [-0.15, -0.1) is 0 Å². The first kappa shape index (κ1) is 20.6. The summed E-state index contributed by atoms with van der Waals surface area (Å²) in [5.41, 5.74) is 4.33. The first-order valence-corrected chi connectivity index (χ1v) is 10.4. The van der Waals surface area contributed by atoms with Gasteiger partial charge in [0.25, 0.3) is 11.8 Å². The predicted molar refractivity (Wildman–Crippen MR) is 111 cm³/mol. The molecular weight excluding hydrogens is 352 g/mol. The van der Waals surface area contributed by atoms with Crippen LogP contribution < -0.4 is 0 Å². The Labute approximate surface area is 168 Å². The third kappa shape index (κ3) is 4.14. The molecule has 5 nitrogen and oxygen atoms in total. The van der Waals surface area contributed by atoms with Crippen LogP contribution >= 0.6 is 0 Å². The van der Waals surface area contributed by atoms with E-state index in [1.54, 1.807) is 0 Å². The van der Waals surface area contributed by atoms with Gasteiger partial charge in [0.1, 0.15) is 5.70 Å². The van der Waals surface area contributed by atoms with E-state index < -0.39 is 0 Å². The van der Waals surface area contributed by atoms with Gasteiger partial charge in [-0.25, -0.2) is 0 Å². The Balaban J connectivity index is 1.94. The number of nitrogens with zero attached hydrogens (tertiary/aromatic N) is 2. The van der Waals surface area contributed by atoms with E-state index in [0.717, 1.165) is 37.1 Å². The highest BCUT2D eigenvalue weighted by molar-refractivity contribution is 6.35. The van der Waals surface area contributed by atoms with Crippen LogP contribution in [-0.2, 0) is 14.3 Å². The van der Waals surface area contributed by atoms with Gasteiger partial charge in [-0.3, -0.25) is 14.5 Å². The zero-order valence-corrected chi connectivity index (χ0v) is 17.6. The third-order valence-electron chi connectivity index (χ3n) is 5.91. The molecule has 0 radical (unpaired) electrons. The van der Waals surface area contributed by atoms with Crippen molar-refractivity contribution in [2.24, 2.45) is 5.92 Å².